The fourth-order valence-electron chi connectivity index (χ4n) is 2.98. The number of aliphatic hydroxyl groups is 1. The molecule has 1 saturated carbocycles. The standard InChI is InChI=1S/C15H24O3/c1-2-18-15(13-6-4-3-5-7-13)14(16)10-12-8-9-17-11-12/h8-9,11,13-16H,2-7,10H2,1H3. The fraction of sp³-hybridized carbons (Fsp3) is 0.733. The highest BCUT2D eigenvalue weighted by Crippen LogP contribution is 2.30. The Morgan fingerprint density at radius 2 is 2.17 bits per heavy atom. The molecule has 0 amide bonds. The van der Waals surface area contributed by atoms with Crippen molar-refractivity contribution in [2.45, 2.75) is 57.7 Å². The largest absolute Gasteiger partial charge is 0.472 e. The van der Waals surface area contributed by atoms with Gasteiger partial charge in [0.15, 0.2) is 0 Å². The molecule has 1 aromatic heterocycles. The normalized spacial score (nSPS) is 20.8. The van der Waals surface area contributed by atoms with E-state index in [1.54, 1.807) is 12.5 Å². The summed E-state index contributed by atoms with van der Waals surface area (Å²) in [6.45, 7) is 2.67. The average molecular weight is 252 g/mol. The lowest BCUT2D eigenvalue weighted by Gasteiger charge is -2.33. The van der Waals surface area contributed by atoms with Gasteiger partial charge in [-0.3, -0.25) is 0 Å². The van der Waals surface area contributed by atoms with Gasteiger partial charge in [-0.2, -0.15) is 0 Å². The topological polar surface area (TPSA) is 42.6 Å². The minimum absolute atomic E-state index is 0.0230. The van der Waals surface area contributed by atoms with Crippen LogP contribution in [0.15, 0.2) is 23.0 Å². The molecule has 0 bridgehead atoms. The maximum atomic E-state index is 10.4. The highest BCUT2D eigenvalue weighted by molar-refractivity contribution is 5.07. The molecule has 0 saturated heterocycles. The number of hydrogen-bond acceptors (Lipinski definition) is 3. The van der Waals surface area contributed by atoms with Crippen LogP contribution in [0.1, 0.15) is 44.6 Å². The molecule has 1 aliphatic rings. The Labute approximate surface area is 109 Å². The van der Waals surface area contributed by atoms with Crippen LogP contribution in [0.25, 0.3) is 0 Å². The summed E-state index contributed by atoms with van der Waals surface area (Å²) in [5.41, 5.74) is 1.04. The van der Waals surface area contributed by atoms with Gasteiger partial charge in [0.25, 0.3) is 0 Å². The summed E-state index contributed by atoms with van der Waals surface area (Å²) in [6, 6.07) is 1.91. The van der Waals surface area contributed by atoms with E-state index < -0.39 is 6.10 Å². The summed E-state index contributed by atoms with van der Waals surface area (Å²) in [7, 11) is 0. The van der Waals surface area contributed by atoms with Crippen molar-refractivity contribution in [3.63, 3.8) is 0 Å². The van der Waals surface area contributed by atoms with Gasteiger partial charge in [0.05, 0.1) is 24.7 Å². The molecule has 0 aromatic carbocycles. The van der Waals surface area contributed by atoms with Crippen molar-refractivity contribution in [2.24, 2.45) is 5.92 Å². The molecule has 18 heavy (non-hydrogen) atoms. The predicted molar refractivity (Wildman–Crippen MR) is 70.4 cm³/mol. The molecule has 102 valence electrons. The summed E-state index contributed by atoms with van der Waals surface area (Å²) in [4.78, 5) is 0. The Kier molecular flexibility index (Phi) is 5.26. The molecule has 2 atom stereocenters. The minimum atomic E-state index is -0.425. The Morgan fingerprint density at radius 1 is 1.39 bits per heavy atom. The molecular formula is C15H24O3. The summed E-state index contributed by atoms with van der Waals surface area (Å²) >= 11 is 0. The van der Waals surface area contributed by atoms with E-state index in [2.05, 4.69) is 0 Å². The van der Waals surface area contributed by atoms with Gasteiger partial charge in [0.1, 0.15) is 0 Å². The summed E-state index contributed by atoms with van der Waals surface area (Å²) in [5.74, 6) is 0.514. The number of rotatable bonds is 6. The fourth-order valence-corrected chi connectivity index (χ4v) is 2.98. The van der Waals surface area contributed by atoms with E-state index in [-0.39, 0.29) is 6.10 Å². The lowest BCUT2D eigenvalue weighted by atomic mass is 9.82. The van der Waals surface area contributed by atoms with Crippen molar-refractivity contribution in [3.05, 3.63) is 24.2 Å². The zero-order valence-electron chi connectivity index (χ0n) is 11.2. The van der Waals surface area contributed by atoms with Gasteiger partial charge in [-0.1, -0.05) is 19.3 Å². The number of furan rings is 1. The first-order valence-corrected chi connectivity index (χ1v) is 7.12. The van der Waals surface area contributed by atoms with Crippen molar-refractivity contribution >= 4 is 0 Å². The van der Waals surface area contributed by atoms with Crippen LogP contribution in [-0.4, -0.2) is 23.9 Å². The molecule has 2 rings (SSSR count). The third-order valence-corrected chi connectivity index (χ3v) is 3.88. The molecule has 1 N–H and O–H groups in total. The van der Waals surface area contributed by atoms with E-state index in [4.69, 9.17) is 9.15 Å². The SMILES string of the molecule is CCOC(C(O)Cc1ccoc1)C1CCCCC1. The van der Waals surface area contributed by atoms with Gasteiger partial charge in [-0.05, 0) is 37.3 Å². The lowest BCUT2D eigenvalue weighted by Crippen LogP contribution is -2.38. The summed E-state index contributed by atoms with van der Waals surface area (Å²) in [6.07, 6.45) is 9.77. The predicted octanol–water partition coefficient (Wildman–Crippen LogP) is 3.17. The number of aliphatic hydroxyl groups excluding tert-OH is 1. The van der Waals surface area contributed by atoms with E-state index in [0.717, 1.165) is 5.56 Å². The third kappa shape index (κ3) is 3.59. The van der Waals surface area contributed by atoms with Gasteiger partial charge >= 0.3 is 0 Å². The lowest BCUT2D eigenvalue weighted by molar-refractivity contribution is -0.0715. The third-order valence-electron chi connectivity index (χ3n) is 3.88. The Morgan fingerprint density at radius 3 is 2.78 bits per heavy atom. The molecular weight excluding hydrogens is 228 g/mol. The molecule has 1 fully saturated rings. The van der Waals surface area contributed by atoms with Gasteiger partial charge < -0.3 is 14.3 Å². The number of hydrogen-bond donors (Lipinski definition) is 1. The zero-order chi connectivity index (χ0) is 12.8. The van der Waals surface area contributed by atoms with E-state index >= 15 is 0 Å². The van der Waals surface area contributed by atoms with Crippen molar-refractivity contribution in [1.82, 2.24) is 0 Å². The average Bonchev–Trinajstić information content (AvgIpc) is 2.89. The Hall–Kier alpha value is -0.800. The van der Waals surface area contributed by atoms with Crippen molar-refractivity contribution in [1.29, 1.82) is 0 Å². The second-order valence-electron chi connectivity index (χ2n) is 5.22. The maximum Gasteiger partial charge on any atom is 0.0935 e. The first kappa shape index (κ1) is 13.6. The quantitative estimate of drug-likeness (QED) is 0.845. The first-order chi connectivity index (χ1) is 8.81. The molecule has 1 aromatic rings. The van der Waals surface area contributed by atoms with Crippen molar-refractivity contribution in [2.75, 3.05) is 6.61 Å². The van der Waals surface area contributed by atoms with Gasteiger partial charge in [-0.15, -0.1) is 0 Å². The molecule has 0 spiro atoms. The van der Waals surface area contributed by atoms with E-state index in [1.165, 1.54) is 32.1 Å². The first-order valence-electron chi connectivity index (χ1n) is 7.12. The van der Waals surface area contributed by atoms with Crippen LogP contribution < -0.4 is 0 Å². The van der Waals surface area contributed by atoms with Crippen LogP contribution in [0.3, 0.4) is 0 Å². The van der Waals surface area contributed by atoms with E-state index in [1.807, 2.05) is 13.0 Å². The Bertz CT molecular complexity index is 314. The second kappa shape index (κ2) is 6.95. The summed E-state index contributed by atoms with van der Waals surface area (Å²) in [5, 5.41) is 10.4. The van der Waals surface area contributed by atoms with Crippen LogP contribution >= 0.6 is 0 Å². The maximum absolute atomic E-state index is 10.4. The highest BCUT2D eigenvalue weighted by atomic mass is 16.5. The molecule has 2 unspecified atom stereocenters. The van der Waals surface area contributed by atoms with Crippen LogP contribution in [0.2, 0.25) is 0 Å². The highest BCUT2D eigenvalue weighted by Gasteiger charge is 2.30. The molecule has 1 aliphatic carbocycles. The molecule has 3 heteroatoms. The van der Waals surface area contributed by atoms with Gasteiger partial charge in [-0.25, -0.2) is 0 Å². The van der Waals surface area contributed by atoms with E-state index in [9.17, 15) is 5.11 Å². The van der Waals surface area contributed by atoms with Gasteiger partial charge in [0.2, 0.25) is 0 Å². The van der Waals surface area contributed by atoms with Crippen LogP contribution in [0.5, 0.6) is 0 Å². The monoisotopic (exact) mass is 252 g/mol. The molecule has 1 heterocycles. The smallest absolute Gasteiger partial charge is 0.0935 e. The van der Waals surface area contributed by atoms with Crippen molar-refractivity contribution in [3.8, 4) is 0 Å². The van der Waals surface area contributed by atoms with Crippen molar-refractivity contribution < 1.29 is 14.3 Å². The van der Waals surface area contributed by atoms with Crippen LogP contribution in [0, 0.1) is 5.92 Å². The zero-order valence-corrected chi connectivity index (χ0v) is 11.2. The summed E-state index contributed by atoms with van der Waals surface area (Å²) < 4.78 is 10.9. The molecule has 0 radical (unpaired) electrons. The molecule has 3 nitrogen and oxygen atoms in total. The Balaban J connectivity index is 1.94. The van der Waals surface area contributed by atoms with Crippen LogP contribution in [-0.2, 0) is 11.2 Å². The number of ether oxygens (including phenoxy) is 1. The second-order valence-corrected chi connectivity index (χ2v) is 5.22. The minimum Gasteiger partial charge on any atom is -0.472 e. The van der Waals surface area contributed by atoms with Crippen LogP contribution in [0.4, 0.5) is 0 Å². The van der Waals surface area contributed by atoms with E-state index in [0.29, 0.717) is 18.9 Å². The molecule has 0 aliphatic heterocycles. The van der Waals surface area contributed by atoms with Gasteiger partial charge in [0, 0.05) is 13.0 Å².